The van der Waals surface area contributed by atoms with E-state index >= 15 is 0 Å². The van der Waals surface area contributed by atoms with Crippen LogP contribution in [0.15, 0.2) is 30.0 Å². The van der Waals surface area contributed by atoms with Crippen LogP contribution in [0.4, 0.5) is 5.69 Å². The molecular formula is C17H21ClN4O3. The molecule has 1 fully saturated rings. The average molecular weight is 365 g/mol. The molecule has 0 bridgehead atoms. The van der Waals surface area contributed by atoms with Crippen LogP contribution in [0.1, 0.15) is 0 Å². The predicted octanol–water partition coefficient (Wildman–Crippen LogP) is 1.30. The van der Waals surface area contributed by atoms with Crippen LogP contribution in [0, 0.1) is 11.3 Å². The van der Waals surface area contributed by atoms with Crippen LogP contribution in [0.3, 0.4) is 0 Å². The zero-order valence-electron chi connectivity index (χ0n) is 14.0. The molecule has 1 aromatic carbocycles. The van der Waals surface area contributed by atoms with Crippen molar-refractivity contribution < 1.29 is 14.6 Å². The molecule has 0 radical (unpaired) electrons. The molecule has 134 valence electrons. The zero-order chi connectivity index (χ0) is 18.2. The van der Waals surface area contributed by atoms with Crippen molar-refractivity contribution in [2.24, 2.45) is 0 Å². The predicted molar refractivity (Wildman–Crippen MR) is 95.4 cm³/mol. The molecular weight excluding hydrogens is 344 g/mol. The fraction of sp³-hybridized carbons (Fsp3) is 0.412. The van der Waals surface area contributed by atoms with Crippen molar-refractivity contribution >= 4 is 23.2 Å². The zero-order valence-corrected chi connectivity index (χ0v) is 14.8. The minimum atomic E-state index is -0.485. The van der Waals surface area contributed by atoms with Crippen molar-refractivity contribution in [1.82, 2.24) is 9.80 Å². The number of ether oxygens (including phenoxy) is 1. The molecule has 1 aliphatic heterocycles. The second-order valence-electron chi connectivity index (χ2n) is 5.56. The first kappa shape index (κ1) is 19.1. The lowest BCUT2D eigenvalue weighted by atomic mass is 10.2. The largest absolute Gasteiger partial charge is 0.495 e. The number of piperazine rings is 1. The number of halogens is 1. The number of methoxy groups -OCH3 is 1. The molecule has 8 heteroatoms. The second-order valence-corrected chi connectivity index (χ2v) is 5.97. The van der Waals surface area contributed by atoms with Gasteiger partial charge < -0.3 is 20.1 Å². The molecule has 1 saturated heterocycles. The van der Waals surface area contributed by atoms with Gasteiger partial charge in [-0.15, -0.1) is 0 Å². The second kappa shape index (κ2) is 9.28. The molecule has 1 amide bonds. The van der Waals surface area contributed by atoms with Crippen LogP contribution in [0.25, 0.3) is 0 Å². The van der Waals surface area contributed by atoms with E-state index in [1.807, 2.05) is 11.0 Å². The Balaban J connectivity index is 1.99. The number of β-amino-alcohol motifs (C(OH)–C–C–N with tert-alkyl or cyclic N) is 1. The molecule has 7 nitrogen and oxygen atoms in total. The summed E-state index contributed by atoms with van der Waals surface area (Å²) in [6.07, 6.45) is 1.58. The summed E-state index contributed by atoms with van der Waals surface area (Å²) in [5.74, 6) is 0.0259. The van der Waals surface area contributed by atoms with Gasteiger partial charge in [0, 0.05) is 44.6 Å². The fourth-order valence-corrected chi connectivity index (χ4v) is 2.78. The van der Waals surface area contributed by atoms with Gasteiger partial charge in [0.05, 0.1) is 18.7 Å². The molecule has 0 saturated carbocycles. The summed E-state index contributed by atoms with van der Waals surface area (Å²) < 4.78 is 5.07. The number of amides is 1. The Labute approximate surface area is 152 Å². The third-order valence-corrected chi connectivity index (χ3v) is 4.20. The van der Waals surface area contributed by atoms with Crippen LogP contribution in [-0.2, 0) is 4.79 Å². The fourth-order valence-electron chi connectivity index (χ4n) is 2.52. The number of carbonyl (C=O) groups excluding carboxylic acids is 1. The van der Waals surface area contributed by atoms with Crippen LogP contribution in [0.5, 0.6) is 5.75 Å². The van der Waals surface area contributed by atoms with Gasteiger partial charge in [0.1, 0.15) is 17.4 Å². The van der Waals surface area contributed by atoms with Gasteiger partial charge in [0.2, 0.25) is 0 Å². The third-order valence-electron chi connectivity index (χ3n) is 3.91. The minimum absolute atomic E-state index is 0.0301. The van der Waals surface area contributed by atoms with Crippen molar-refractivity contribution in [2.75, 3.05) is 51.8 Å². The average Bonchev–Trinajstić information content (AvgIpc) is 2.61. The topological polar surface area (TPSA) is 88.8 Å². The third kappa shape index (κ3) is 5.36. The number of aliphatic hydroxyl groups excluding tert-OH is 1. The number of anilines is 1. The molecule has 0 unspecified atom stereocenters. The highest BCUT2D eigenvalue weighted by Gasteiger charge is 2.17. The van der Waals surface area contributed by atoms with Gasteiger partial charge in [-0.1, -0.05) is 11.6 Å². The first-order chi connectivity index (χ1) is 12.1. The van der Waals surface area contributed by atoms with Crippen LogP contribution in [0.2, 0.25) is 5.02 Å². The molecule has 1 aromatic rings. The molecule has 0 atom stereocenters. The van der Waals surface area contributed by atoms with Crippen molar-refractivity contribution in [1.29, 1.82) is 5.26 Å². The van der Waals surface area contributed by atoms with Crippen LogP contribution < -0.4 is 10.1 Å². The van der Waals surface area contributed by atoms with Crippen LogP contribution >= 0.6 is 11.6 Å². The number of aliphatic hydroxyl groups is 1. The Kier molecular flexibility index (Phi) is 7.07. The molecule has 25 heavy (non-hydrogen) atoms. The van der Waals surface area contributed by atoms with Crippen molar-refractivity contribution in [2.45, 2.75) is 0 Å². The van der Waals surface area contributed by atoms with E-state index in [-0.39, 0.29) is 12.2 Å². The highest BCUT2D eigenvalue weighted by molar-refractivity contribution is 6.32. The van der Waals surface area contributed by atoms with Crippen molar-refractivity contribution in [3.05, 3.63) is 35.0 Å². The summed E-state index contributed by atoms with van der Waals surface area (Å²) in [5, 5.41) is 21.3. The summed E-state index contributed by atoms with van der Waals surface area (Å²) in [6.45, 7) is 3.74. The number of hydrogen-bond donors (Lipinski definition) is 2. The van der Waals surface area contributed by atoms with E-state index in [0.29, 0.717) is 36.1 Å². The Morgan fingerprint density at radius 2 is 2.16 bits per heavy atom. The quantitative estimate of drug-likeness (QED) is 0.584. The SMILES string of the molecule is COc1ccc(NC(=O)/C(C#N)=C\N2CCN(CCO)CC2)cc1Cl. The number of carbonyl (C=O) groups is 1. The molecule has 1 aliphatic rings. The highest BCUT2D eigenvalue weighted by Crippen LogP contribution is 2.27. The summed E-state index contributed by atoms with van der Waals surface area (Å²) in [4.78, 5) is 16.4. The highest BCUT2D eigenvalue weighted by atomic mass is 35.5. The summed E-state index contributed by atoms with van der Waals surface area (Å²) in [5.41, 5.74) is 0.521. The molecule has 0 aliphatic carbocycles. The maximum atomic E-state index is 12.3. The monoisotopic (exact) mass is 364 g/mol. The molecule has 1 heterocycles. The maximum absolute atomic E-state index is 12.3. The van der Waals surface area contributed by atoms with E-state index in [1.54, 1.807) is 24.4 Å². The molecule has 0 spiro atoms. The van der Waals surface area contributed by atoms with Gasteiger partial charge in [-0.05, 0) is 18.2 Å². The number of rotatable bonds is 6. The molecule has 2 N–H and O–H groups in total. The first-order valence-electron chi connectivity index (χ1n) is 7.91. The number of nitriles is 1. The number of nitrogens with zero attached hydrogens (tertiary/aromatic N) is 3. The van der Waals surface area contributed by atoms with E-state index in [4.69, 9.17) is 21.4 Å². The normalized spacial score (nSPS) is 15.6. The van der Waals surface area contributed by atoms with Gasteiger partial charge in [0.25, 0.3) is 5.91 Å². The summed E-state index contributed by atoms with van der Waals surface area (Å²) in [6, 6.07) is 6.81. The van der Waals surface area contributed by atoms with E-state index < -0.39 is 5.91 Å². The standard InChI is InChI=1S/C17H21ClN4O3/c1-25-16-3-2-14(10-15(16)18)20-17(24)13(11-19)12-22-6-4-21(5-7-22)8-9-23/h2-3,10,12,23H,4-9H2,1H3,(H,20,24)/b13-12-. The lowest BCUT2D eigenvalue weighted by molar-refractivity contribution is -0.112. The number of benzene rings is 1. The van der Waals surface area contributed by atoms with E-state index in [2.05, 4.69) is 10.2 Å². The lowest BCUT2D eigenvalue weighted by Gasteiger charge is -2.33. The van der Waals surface area contributed by atoms with Gasteiger partial charge in [0.15, 0.2) is 0 Å². The number of hydrogen-bond acceptors (Lipinski definition) is 6. The van der Waals surface area contributed by atoms with Crippen molar-refractivity contribution in [3.8, 4) is 11.8 Å². The Morgan fingerprint density at radius 1 is 1.44 bits per heavy atom. The first-order valence-corrected chi connectivity index (χ1v) is 8.29. The van der Waals surface area contributed by atoms with Gasteiger partial charge in [-0.3, -0.25) is 9.69 Å². The minimum Gasteiger partial charge on any atom is -0.495 e. The summed E-state index contributed by atoms with van der Waals surface area (Å²) >= 11 is 6.03. The maximum Gasteiger partial charge on any atom is 0.267 e. The van der Waals surface area contributed by atoms with Gasteiger partial charge >= 0.3 is 0 Å². The molecule has 2 rings (SSSR count). The van der Waals surface area contributed by atoms with Gasteiger partial charge in [-0.25, -0.2) is 0 Å². The Bertz CT molecular complexity index is 679. The Morgan fingerprint density at radius 3 is 2.72 bits per heavy atom. The van der Waals surface area contributed by atoms with E-state index in [9.17, 15) is 10.1 Å². The molecule has 0 aromatic heterocycles. The summed E-state index contributed by atoms with van der Waals surface area (Å²) in [7, 11) is 1.51. The smallest absolute Gasteiger partial charge is 0.267 e. The van der Waals surface area contributed by atoms with Crippen molar-refractivity contribution in [3.63, 3.8) is 0 Å². The number of nitrogens with one attached hydrogen (secondary N) is 1. The van der Waals surface area contributed by atoms with E-state index in [1.165, 1.54) is 7.11 Å². The van der Waals surface area contributed by atoms with E-state index in [0.717, 1.165) is 13.1 Å². The van der Waals surface area contributed by atoms with Crippen LogP contribution in [-0.4, -0.2) is 67.3 Å². The lowest BCUT2D eigenvalue weighted by Crippen LogP contribution is -2.45. The Hall–Kier alpha value is -2.27. The van der Waals surface area contributed by atoms with Gasteiger partial charge in [-0.2, -0.15) is 5.26 Å².